The Hall–Kier alpha value is -1.81. The van der Waals surface area contributed by atoms with Crippen LogP contribution in [0, 0.1) is 0 Å². The van der Waals surface area contributed by atoms with E-state index in [1.54, 1.807) is 13.1 Å². The van der Waals surface area contributed by atoms with E-state index in [-0.39, 0.29) is 0 Å². The molecule has 0 unspecified atom stereocenters. The van der Waals surface area contributed by atoms with Crippen LogP contribution in [-0.4, -0.2) is 26.2 Å². The second kappa shape index (κ2) is 7.50. The van der Waals surface area contributed by atoms with Crippen molar-refractivity contribution in [2.24, 2.45) is 10.1 Å². The van der Waals surface area contributed by atoms with Crippen molar-refractivity contribution in [3.8, 4) is 5.75 Å². The lowest BCUT2D eigenvalue weighted by molar-refractivity contribution is 0.363. The Balaban J connectivity index is 2.77. The first kappa shape index (κ1) is 14.3. The van der Waals surface area contributed by atoms with Crippen LogP contribution >= 0.6 is 11.6 Å². The predicted octanol–water partition coefficient (Wildman–Crippen LogP) is 2.68. The SMILES string of the molecule is C=CCOc1ccc(CC(=NC)NN=C)cc1Cl. The van der Waals surface area contributed by atoms with E-state index in [2.05, 4.69) is 28.8 Å². The number of hydrazone groups is 1. The molecule has 5 heteroatoms. The summed E-state index contributed by atoms with van der Waals surface area (Å²) in [5.41, 5.74) is 3.74. The number of benzene rings is 1. The van der Waals surface area contributed by atoms with Gasteiger partial charge in [0.2, 0.25) is 0 Å². The summed E-state index contributed by atoms with van der Waals surface area (Å²) in [4.78, 5) is 4.06. The summed E-state index contributed by atoms with van der Waals surface area (Å²) in [6.45, 7) is 7.38. The highest BCUT2D eigenvalue weighted by atomic mass is 35.5. The van der Waals surface area contributed by atoms with Crippen molar-refractivity contribution < 1.29 is 4.74 Å². The number of ether oxygens (including phenoxy) is 1. The average Bonchev–Trinajstić information content (AvgIpc) is 2.37. The number of halogens is 1. The Morgan fingerprint density at radius 2 is 2.33 bits per heavy atom. The second-order valence-electron chi connectivity index (χ2n) is 3.48. The summed E-state index contributed by atoms with van der Waals surface area (Å²) < 4.78 is 5.40. The van der Waals surface area contributed by atoms with Gasteiger partial charge in [0, 0.05) is 20.2 Å². The minimum Gasteiger partial charge on any atom is -0.488 e. The number of amidine groups is 1. The van der Waals surface area contributed by atoms with E-state index in [9.17, 15) is 0 Å². The van der Waals surface area contributed by atoms with E-state index in [0.29, 0.717) is 23.8 Å². The van der Waals surface area contributed by atoms with Gasteiger partial charge in [0.05, 0.1) is 5.02 Å². The Bertz CT molecular complexity index is 458. The van der Waals surface area contributed by atoms with Gasteiger partial charge in [0.15, 0.2) is 0 Å². The van der Waals surface area contributed by atoms with E-state index in [1.807, 2.05) is 18.2 Å². The fraction of sp³-hybridized carbons (Fsp3) is 0.231. The topological polar surface area (TPSA) is 46.0 Å². The van der Waals surface area contributed by atoms with Crippen LogP contribution in [0.5, 0.6) is 5.75 Å². The molecule has 1 aromatic rings. The average molecular weight is 266 g/mol. The molecule has 0 atom stereocenters. The van der Waals surface area contributed by atoms with Gasteiger partial charge in [0.25, 0.3) is 0 Å². The monoisotopic (exact) mass is 265 g/mol. The van der Waals surface area contributed by atoms with Gasteiger partial charge in [0.1, 0.15) is 18.2 Å². The van der Waals surface area contributed by atoms with Gasteiger partial charge in [-0.25, -0.2) is 0 Å². The van der Waals surface area contributed by atoms with Crippen molar-refractivity contribution in [1.29, 1.82) is 0 Å². The zero-order chi connectivity index (χ0) is 13.4. The summed E-state index contributed by atoms with van der Waals surface area (Å²) in [5.74, 6) is 1.37. The molecular formula is C13H16ClN3O. The maximum absolute atomic E-state index is 6.11. The van der Waals surface area contributed by atoms with E-state index >= 15 is 0 Å². The van der Waals surface area contributed by atoms with E-state index in [0.717, 1.165) is 11.4 Å². The summed E-state index contributed by atoms with van der Waals surface area (Å²) in [5, 5.41) is 4.15. The molecular weight excluding hydrogens is 250 g/mol. The molecule has 0 saturated carbocycles. The zero-order valence-electron chi connectivity index (χ0n) is 10.3. The number of hydrogen-bond acceptors (Lipinski definition) is 3. The first-order chi connectivity index (χ1) is 8.71. The molecule has 0 radical (unpaired) electrons. The third-order valence-electron chi connectivity index (χ3n) is 2.20. The number of nitrogens with one attached hydrogen (secondary N) is 1. The Kier molecular flexibility index (Phi) is 5.94. The highest BCUT2D eigenvalue weighted by Crippen LogP contribution is 2.25. The minimum absolute atomic E-state index is 0.433. The summed E-state index contributed by atoms with van der Waals surface area (Å²) in [6.07, 6.45) is 2.28. The first-order valence-electron chi connectivity index (χ1n) is 5.40. The molecule has 0 heterocycles. The van der Waals surface area contributed by atoms with Crippen LogP contribution in [0.25, 0.3) is 0 Å². The molecule has 4 nitrogen and oxygen atoms in total. The lowest BCUT2D eigenvalue weighted by atomic mass is 10.1. The largest absolute Gasteiger partial charge is 0.488 e. The van der Waals surface area contributed by atoms with Crippen molar-refractivity contribution in [2.75, 3.05) is 13.7 Å². The van der Waals surface area contributed by atoms with Crippen molar-refractivity contribution in [1.82, 2.24) is 5.43 Å². The van der Waals surface area contributed by atoms with Gasteiger partial charge in [-0.2, -0.15) is 5.10 Å². The fourth-order valence-corrected chi connectivity index (χ4v) is 1.63. The first-order valence-corrected chi connectivity index (χ1v) is 5.78. The van der Waals surface area contributed by atoms with Crippen molar-refractivity contribution in [2.45, 2.75) is 6.42 Å². The number of rotatable bonds is 6. The normalized spacial score (nSPS) is 10.9. The summed E-state index contributed by atoms with van der Waals surface area (Å²) in [7, 11) is 1.69. The molecule has 0 fully saturated rings. The molecule has 0 saturated heterocycles. The van der Waals surface area contributed by atoms with E-state index < -0.39 is 0 Å². The Labute approximate surface area is 112 Å². The van der Waals surface area contributed by atoms with Crippen LogP contribution in [0.2, 0.25) is 5.02 Å². The van der Waals surface area contributed by atoms with Crippen molar-refractivity contribution in [3.63, 3.8) is 0 Å². The number of hydrogen-bond donors (Lipinski definition) is 1. The molecule has 0 aliphatic carbocycles. The molecule has 1 N–H and O–H groups in total. The van der Waals surface area contributed by atoms with Gasteiger partial charge < -0.3 is 4.74 Å². The molecule has 1 aromatic carbocycles. The quantitative estimate of drug-likeness (QED) is 0.372. The van der Waals surface area contributed by atoms with Crippen LogP contribution in [0.4, 0.5) is 0 Å². The molecule has 0 amide bonds. The van der Waals surface area contributed by atoms with Crippen molar-refractivity contribution in [3.05, 3.63) is 41.4 Å². The molecule has 96 valence electrons. The maximum Gasteiger partial charge on any atom is 0.138 e. The third kappa shape index (κ3) is 4.22. The fourth-order valence-electron chi connectivity index (χ4n) is 1.37. The maximum atomic E-state index is 6.11. The lowest BCUT2D eigenvalue weighted by Gasteiger charge is -2.09. The van der Waals surface area contributed by atoms with Gasteiger partial charge in [-0.3, -0.25) is 10.4 Å². The molecule has 0 aliphatic rings. The molecule has 0 aromatic heterocycles. The molecule has 0 aliphatic heterocycles. The van der Waals surface area contributed by atoms with E-state index in [4.69, 9.17) is 16.3 Å². The van der Waals surface area contributed by atoms with Crippen LogP contribution in [-0.2, 0) is 6.42 Å². The van der Waals surface area contributed by atoms with Gasteiger partial charge in [-0.15, -0.1) is 0 Å². The van der Waals surface area contributed by atoms with Gasteiger partial charge in [-0.05, 0) is 17.7 Å². The number of nitrogens with zero attached hydrogens (tertiary/aromatic N) is 2. The van der Waals surface area contributed by atoms with Gasteiger partial charge in [-0.1, -0.05) is 30.3 Å². The summed E-state index contributed by atoms with van der Waals surface area (Å²) >= 11 is 6.11. The number of aliphatic imine (C=N–C) groups is 1. The van der Waals surface area contributed by atoms with Crippen LogP contribution in [0.3, 0.4) is 0 Å². The lowest BCUT2D eigenvalue weighted by Crippen LogP contribution is -2.19. The molecule has 18 heavy (non-hydrogen) atoms. The van der Waals surface area contributed by atoms with Gasteiger partial charge >= 0.3 is 0 Å². The molecule has 0 bridgehead atoms. The highest BCUT2D eigenvalue weighted by Gasteiger charge is 2.05. The minimum atomic E-state index is 0.433. The smallest absolute Gasteiger partial charge is 0.138 e. The summed E-state index contributed by atoms with van der Waals surface area (Å²) in [6, 6.07) is 5.60. The highest BCUT2D eigenvalue weighted by molar-refractivity contribution is 6.32. The van der Waals surface area contributed by atoms with Crippen LogP contribution in [0.15, 0.2) is 40.9 Å². The van der Waals surface area contributed by atoms with Crippen LogP contribution < -0.4 is 10.2 Å². The predicted molar refractivity (Wildman–Crippen MR) is 76.9 cm³/mol. The standard InChI is InChI=1S/C13H16ClN3O/c1-4-7-18-12-6-5-10(8-11(12)14)9-13(15-2)17-16-3/h4-6,8H,1,3,7,9H2,2H3,(H,15,17). The second-order valence-corrected chi connectivity index (χ2v) is 3.89. The van der Waals surface area contributed by atoms with Crippen LogP contribution in [0.1, 0.15) is 5.56 Å². The Morgan fingerprint density at radius 3 is 2.89 bits per heavy atom. The van der Waals surface area contributed by atoms with Crippen molar-refractivity contribution >= 4 is 24.2 Å². The Morgan fingerprint density at radius 1 is 1.56 bits per heavy atom. The zero-order valence-corrected chi connectivity index (χ0v) is 11.1. The molecule has 0 spiro atoms. The van der Waals surface area contributed by atoms with E-state index in [1.165, 1.54) is 0 Å². The molecule has 1 rings (SSSR count). The third-order valence-corrected chi connectivity index (χ3v) is 2.50.